The zero-order valence-corrected chi connectivity index (χ0v) is 21.4. The predicted molar refractivity (Wildman–Crippen MR) is 143 cm³/mol. The Morgan fingerprint density at radius 3 is 2.26 bits per heavy atom. The Balaban J connectivity index is 0.000000560. The summed E-state index contributed by atoms with van der Waals surface area (Å²) in [4.78, 5) is 40.6. The summed E-state index contributed by atoms with van der Waals surface area (Å²) in [6.07, 6.45) is 3.87. The van der Waals surface area contributed by atoms with Gasteiger partial charge in [0.25, 0.3) is 0 Å². The lowest BCUT2D eigenvalue weighted by Crippen LogP contribution is -2.39. The highest BCUT2D eigenvalue weighted by Gasteiger charge is 2.21. The summed E-state index contributed by atoms with van der Waals surface area (Å²) >= 11 is 0. The summed E-state index contributed by atoms with van der Waals surface area (Å²) in [5.74, 6) is -3.70. The molecule has 38 heavy (non-hydrogen) atoms. The first-order valence-corrected chi connectivity index (χ1v) is 12.3. The monoisotopic (exact) mass is 527 g/mol. The molecule has 1 radical (unpaired) electrons. The number of aliphatic carboxylic acids is 3. The largest absolute Gasteiger partial charge is 0.480 e. The number of carboxylic acids is 3. The van der Waals surface area contributed by atoms with E-state index in [0.717, 1.165) is 49.6 Å². The van der Waals surface area contributed by atoms with Crippen molar-refractivity contribution in [3.05, 3.63) is 61.1 Å². The Morgan fingerprint density at radius 1 is 1.00 bits per heavy atom. The molecule has 2 aromatic heterocycles. The molecule has 3 heterocycles. The van der Waals surface area contributed by atoms with Gasteiger partial charge in [0.15, 0.2) is 5.65 Å². The fourth-order valence-corrected chi connectivity index (χ4v) is 3.93. The molecule has 0 unspecified atom stereocenters. The van der Waals surface area contributed by atoms with Gasteiger partial charge in [0, 0.05) is 45.0 Å². The molecular formula is C26H35N6O6. The van der Waals surface area contributed by atoms with Gasteiger partial charge in [0.2, 0.25) is 5.95 Å². The average molecular weight is 528 g/mol. The minimum atomic E-state index is -1.82. The molecule has 0 amide bonds. The Bertz CT molecular complexity index is 1150. The second kappa shape index (κ2) is 15.9. The number of carbonyl (C=O) groups is 3. The predicted octanol–water partition coefficient (Wildman–Crippen LogP) is 2.18. The summed E-state index contributed by atoms with van der Waals surface area (Å²) < 4.78 is 2.04. The number of nitrogens with one attached hydrogen (secondary N) is 2. The number of piperidine rings is 1. The minimum absolute atomic E-state index is 0.0529. The molecule has 0 saturated carbocycles. The molecular weight excluding hydrogens is 492 g/mol. The van der Waals surface area contributed by atoms with Crippen molar-refractivity contribution in [2.24, 2.45) is 0 Å². The number of aromatic nitrogens is 3. The van der Waals surface area contributed by atoms with Gasteiger partial charge in [0.1, 0.15) is 5.52 Å². The highest BCUT2D eigenvalue weighted by Crippen LogP contribution is 2.21. The molecule has 1 saturated heterocycles. The van der Waals surface area contributed by atoms with Crippen molar-refractivity contribution in [1.29, 1.82) is 0 Å². The van der Waals surface area contributed by atoms with Crippen LogP contribution in [0.3, 0.4) is 0 Å². The fraction of sp³-hybridized carbons (Fsp3) is 0.385. The third-order valence-corrected chi connectivity index (χ3v) is 5.64. The van der Waals surface area contributed by atoms with Crippen molar-refractivity contribution in [2.75, 3.05) is 31.5 Å². The Morgan fingerprint density at radius 2 is 1.66 bits per heavy atom. The van der Waals surface area contributed by atoms with Crippen LogP contribution in [0.15, 0.2) is 48.7 Å². The summed E-state index contributed by atoms with van der Waals surface area (Å²) in [6.45, 7) is 9.18. The molecule has 205 valence electrons. The Hall–Kier alpha value is -4.03. The van der Waals surface area contributed by atoms with E-state index in [0.29, 0.717) is 19.1 Å². The third kappa shape index (κ3) is 9.79. The molecule has 5 N–H and O–H groups in total. The van der Waals surface area contributed by atoms with E-state index in [1.165, 1.54) is 5.56 Å². The zero-order chi connectivity index (χ0) is 27.9. The lowest BCUT2D eigenvalue weighted by molar-refractivity contribution is -0.159. The van der Waals surface area contributed by atoms with Gasteiger partial charge < -0.3 is 26.0 Å². The number of imidazole rings is 1. The number of rotatable bonds is 9. The number of pyridine rings is 1. The molecule has 12 heteroatoms. The number of benzene rings is 1. The number of fused-ring (bicyclic) bond motifs is 1. The minimum Gasteiger partial charge on any atom is -0.480 e. The van der Waals surface area contributed by atoms with E-state index in [2.05, 4.69) is 57.8 Å². The van der Waals surface area contributed by atoms with Crippen molar-refractivity contribution in [3.8, 4) is 0 Å². The number of anilines is 1. The van der Waals surface area contributed by atoms with E-state index in [1.54, 1.807) is 13.1 Å². The Labute approximate surface area is 221 Å². The zero-order valence-electron chi connectivity index (χ0n) is 21.4. The van der Waals surface area contributed by atoms with Gasteiger partial charge in [-0.1, -0.05) is 44.2 Å². The van der Waals surface area contributed by atoms with Crippen LogP contribution in [-0.2, 0) is 27.5 Å². The molecule has 4 rings (SSSR count). The molecule has 1 aliphatic heterocycles. The van der Waals surface area contributed by atoms with E-state index in [1.807, 2.05) is 16.7 Å². The molecule has 3 aromatic rings. The molecule has 0 atom stereocenters. The van der Waals surface area contributed by atoms with Crippen molar-refractivity contribution in [1.82, 2.24) is 24.8 Å². The van der Waals surface area contributed by atoms with Crippen LogP contribution < -0.4 is 10.6 Å². The number of likely N-dealkylation sites (tertiary alicyclic amines) is 1. The van der Waals surface area contributed by atoms with Gasteiger partial charge in [0.05, 0.1) is 6.54 Å². The summed E-state index contributed by atoms with van der Waals surface area (Å²) in [7, 11) is 0. The smallest absolute Gasteiger partial charge is 0.414 e. The van der Waals surface area contributed by atoms with Crippen LogP contribution in [0, 0.1) is 6.92 Å². The van der Waals surface area contributed by atoms with Crippen LogP contribution in [0.5, 0.6) is 0 Å². The number of hydrogen-bond donors (Lipinski definition) is 5. The molecule has 1 aliphatic rings. The fourth-order valence-electron chi connectivity index (χ4n) is 3.93. The molecule has 0 bridgehead atoms. The van der Waals surface area contributed by atoms with E-state index >= 15 is 0 Å². The molecule has 0 spiro atoms. The maximum atomic E-state index is 10.7. The quantitative estimate of drug-likeness (QED) is 0.204. The molecule has 12 nitrogen and oxygen atoms in total. The summed E-state index contributed by atoms with van der Waals surface area (Å²) in [6, 6.07) is 14.8. The second-order valence-corrected chi connectivity index (χ2v) is 8.29. The van der Waals surface area contributed by atoms with Crippen LogP contribution in [0.1, 0.15) is 25.3 Å². The first kappa shape index (κ1) is 30.2. The average Bonchev–Trinajstić information content (AvgIpc) is 3.26. The lowest BCUT2D eigenvalue weighted by atomic mass is 10.0. The molecule has 0 aliphatic carbocycles. The first-order chi connectivity index (χ1) is 18.3. The van der Waals surface area contributed by atoms with Crippen LogP contribution in [-0.4, -0.2) is 84.9 Å². The maximum absolute atomic E-state index is 10.7. The van der Waals surface area contributed by atoms with Gasteiger partial charge >= 0.3 is 17.9 Å². The van der Waals surface area contributed by atoms with Gasteiger partial charge in [-0.2, -0.15) is 0 Å². The van der Waals surface area contributed by atoms with E-state index in [9.17, 15) is 4.79 Å². The molecule has 1 fully saturated rings. The topological polar surface area (TPSA) is 170 Å². The van der Waals surface area contributed by atoms with E-state index in [4.69, 9.17) is 29.9 Å². The van der Waals surface area contributed by atoms with Crippen molar-refractivity contribution in [2.45, 2.75) is 38.9 Å². The van der Waals surface area contributed by atoms with Gasteiger partial charge in [-0.05, 0) is 30.5 Å². The third-order valence-electron chi connectivity index (χ3n) is 5.64. The maximum Gasteiger partial charge on any atom is 0.414 e. The van der Waals surface area contributed by atoms with Crippen molar-refractivity contribution < 1.29 is 29.7 Å². The molecule has 1 aromatic carbocycles. The summed E-state index contributed by atoms with van der Waals surface area (Å²) in [5, 5.41) is 30.2. The van der Waals surface area contributed by atoms with Crippen molar-refractivity contribution >= 4 is 35.0 Å². The standard InChI is InChI=1S/C22H28N6O2.C2H2O4.C2H5/c29-20(30)15-23-11-14-28-21-19(7-4-10-24-21)26-22(28)25-18-8-12-27(13-9-18)16-17-5-2-1-3-6-17;3-1(4)2(5)6;1-2/h1-7,10,18,23H,8-9,11-16H2,(H,25,26)(H,29,30);(H,3,4)(H,5,6);1H2,2H3. The van der Waals surface area contributed by atoms with E-state index in [-0.39, 0.29) is 6.54 Å². The highest BCUT2D eigenvalue weighted by atomic mass is 16.4. The second-order valence-electron chi connectivity index (χ2n) is 8.29. The number of hydrogen-bond acceptors (Lipinski definition) is 8. The van der Waals surface area contributed by atoms with Crippen molar-refractivity contribution in [3.63, 3.8) is 0 Å². The number of carboxylic acid groups (broad SMARTS) is 3. The van der Waals surface area contributed by atoms with E-state index < -0.39 is 17.9 Å². The highest BCUT2D eigenvalue weighted by molar-refractivity contribution is 6.27. The van der Waals surface area contributed by atoms with Gasteiger partial charge in [-0.15, -0.1) is 0 Å². The first-order valence-electron chi connectivity index (χ1n) is 12.3. The SMILES string of the molecule is O=C(O)C(=O)O.O=C(O)CNCCn1c(NC2CCN(Cc3ccccc3)CC2)nc2cccnc21.[CH2]C. The van der Waals surface area contributed by atoms with Crippen LogP contribution in [0.2, 0.25) is 0 Å². The van der Waals surface area contributed by atoms with Gasteiger partial charge in [-0.25, -0.2) is 19.6 Å². The van der Waals surface area contributed by atoms with Crippen LogP contribution in [0.4, 0.5) is 5.95 Å². The summed E-state index contributed by atoms with van der Waals surface area (Å²) in [5.41, 5.74) is 3.02. The lowest BCUT2D eigenvalue weighted by Gasteiger charge is -2.32. The Kier molecular flexibility index (Phi) is 12.7. The number of nitrogens with zero attached hydrogens (tertiary/aromatic N) is 4. The normalized spacial score (nSPS) is 13.5. The van der Waals surface area contributed by atoms with Crippen LogP contribution >= 0.6 is 0 Å². The van der Waals surface area contributed by atoms with Crippen LogP contribution in [0.25, 0.3) is 11.2 Å². The van der Waals surface area contributed by atoms with Gasteiger partial charge in [-0.3, -0.25) is 14.3 Å².